The summed E-state index contributed by atoms with van der Waals surface area (Å²) in [6, 6.07) is 19.8. The van der Waals surface area contributed by atoms with Crippen molar-refractivity contribution in [3.8, 4) is 11.1 Å². The number of piperidine rings is 1. The minimum absolute atomic E-state index is 0.0888. The Morgan fingerprint density at radius 3 is 2.17 bits per heavy atom. The number of rotatable bonds is 5. The molecule has 2 atom stereocenters. The van der Waals surface area contributed by atoms with Crippen LogP contribution in [-0.4, -0.2) is 52.2 Å². The highest BCUT2D eigenvalue weighted by Crippen LogP contribution is 2.41. The first kappa shape index (κ1) is 30.0. The molecule has 0 unspecified atom stereocenters. The van der Waals surface area contributed by atoms with Crippen LogP contribution in [0.15, 0.2) is 67.0 Å². The Kier molecular flexibility index (Phi) is 9.65. The van der Waals surface area contributed by atoms with Gasteiger partial charge in [-0.2, -0.15) is 13.2 Å². The molecule has 41 heavy (non-hydrogen) atoms. The second kappa shape index (κ2) is 13.2. The molecule has 2 aliphatic heterocycles. The number of aliphatic carboxylic acids is 1. The SMILES string of the molecule is CC(=O)N1c2ccc(-c3ccc(CN4CCCCC4)cc3)cc2[C@@H](Nc2ccncc2)C[C@H]1C.O=C(O)C(F)(F)F. The van der Waals surface area contributed by atoms with E-state index >= 15 is 0 Å². The van der Waals surface area contributed by atoms with E-state index in [-0.39, 0.29) is 18.0 Å². The minimum Gasteiger partial charge on any atom is -0.475 e. The summed E-state index contributed by atoms with van der Waals surface area (Å²) in [7, 11) is 0. The summed E-state index contributed by atoms with van der Waals surface area (Å²) in [6.45, 7) is 7.24. The molecule has 3 aromatic rings. The van der Waals surface area contributed by atoms with Gasteiger partial charge in [-0.05, 0) is 85.8 Å². The van der Waals surface area contributed by atoms with Crippen molar-refractivity contribution in [1.82, 2.24) is 9.88 Å². The summed E-state index contributed by atoms with van der Waals surface area (Å²) < 4.78 is 31.7. The number of benzene rings is 2. The van der Waals surface area contributed by atoms with Crippen LogP contribution in [0.3, 0.4) is 0 Å². The predicted molar refractivity (Wildman–Crippen MR) is 153 cm³/mol. The number of likely N-dealkylation sites (tertiary alicyclic amines) is 1. The van der Waals surface area contributed by atoms with Crippen LogP contribution in [0.25, 0.3) is 11.1 Å². The third kappa shape index (κ3) is 7.85. The fourth-order valence-corrected chi connectivity index (χ4v) is 5.49. The number of halogens is 3. The van der Waals surface area contributed by atoms with Gasteiger partial charge in [-0.1, -0.05) is 36.8 Å². The number of fused-ring (bicyclic) bond motifs is 1. The van der Waals surface area contributed by atoms with Crippen LogP contribution in [-0.2, 0) is 16.1 Å². The molecule has 1 fully saturated rings. The van der Waals surface area contributed by atoms with Crippen LogP contribution in [0.1, 0.15) is 56.7 Å². The quantitative estimate of drug-likeness (QED) is 0.358. The lowest BCUT2D eigenvalue weighted by Gasteiger charge is -2.39. The van der Waals surface area contributed by atoms with Gasteiger partial charge in [-0.25, -0.2) is 4.79 Å². The maximum atomic E-state index is 12.5. The average Bonchev–Trinajstić information content (AvgIpc) is 2.94. The zero-order chi connectivity index (χ0) is 29.6. The van der Waals surface area contributed by atoms with Gasteiger partial charge in [0, 0.05) is 43.3 Å². The third-order valence-corrected chi connectivity index (χ3v) is 7.43. The van der Waals surface area contributed by atoms with Crippen molar-refractivity contribution in [2.75, 3.05) is 23.3 Å². The second-order valence-electron chi connectivity index (χ2n) is 10.5. The van der Waals surface area contributed by atoms with Crippen molar-refractivity contribution < 1.29 is 27.9 Å². The number of aromatic nitrogens is 1. The maximum absolute atomic E-state index is 12.5. The van der Waals surface area contributed by atoms with Crippen LogP contribution >= 0.6 is 0 Å². The zero-order valence-corrected chi connectivity index (χ0v) is 23.2. The van der Waals surface area contributed by atoms with Gasteiger partial charge in [0.25, 0.3) is 0 Å². The summed E-state index contributed by atoms with van der Waals surface area (Å²) >= 11 is 0. The largest absolute Gasteiger partial charge is 0.490 e. The van der Waals surface area contributed by atoms with Gasteiger partial charge < -0.3 is 15.3 Å². The summed E-state index contributed by atoms with van der Waals surface area (Å²) in [6.07, 6.45) is 3.38. The molecule has 5 rings (SSSR count). The van der Waals surface area contributed by atoms with E-state index in [0.717, 1.165) is 24.3 Å². The first-order chi connectivity index (χ1) is 19.5. The second-order valence-corrected chi connectivity index (χ2v) is 10.5. The molecule has 0 spiro atoms. The van der Waals surface area contributed by atoms with Gasteiger partial charge in [0.1, 0.15) is 0 Å². The van der Waals surface area contributed by atoms with Crippen LogP contribution < -0.4 is 10.2 Å². The molecule has 10 heteroatoms. The van der Waals surface area contributed by atoms with Gasteiger partial charge in [0.2, 0.25) is 5.91 Å². The molecule has 218 valence electrons. The number of alkyl halides is 3. The minimum atomic E-state index is -5.08. The number of hydrogen-bond donors (Lipinski definition) is 2. The van der Waals surface area contributed by atoms with Crippen molar-refractivity contribution in [1.29, 1.82) is 0 Å². The lowest BCUT2D eigenvalue weighted by Crippen LogP contribution is -2.43. The summed E-state index contributed by atoms with van der Waals surface area (Å²) in [5.41, 5.74) is 6.98. The number of carboxylic acid groups (broad SMARTS) is 1. The fourth-order valence-electron chi connectivity index (χ4n) is 5.49. The Hall–Kier alpha value is -3.92. The number of carbonyl (C=O) groups excluding carboxylic acids is 1. The normalized spacial score (nSPS) is 19.0. The highest BCUT2D eigenvalue weighted by Gasteiger charge is 2.38. The van der Waals surface area contributed by atoms with E-state index in [2.05, 4.69) is 64.6 Å². The number of nitrogens with zero attached hydrogens (tertiary/aromatic N) is 3. The molecule has 7 nitrogen and oxygen atoms in total. The number of amides is 1. The van der Waals surface area contributed by atoms with E-state index in [9.17, 15) is 18.0 Å². The smallest absolute Gasteiger partial charge is 0.475 e. The number of hydrogen-bond acceptors (Lipinski definition) is 5. The van der Waals surface area contributed by atoms with Gasteiger partial charge in [-0.15, -0.1) is 0 Å². The van der Waals surface area contributed by atoms with E-state index in [1.807, 2.05) is 17.0 Å². The molecule has 0 bridgehead atoms. The monoisotopic (exact) mass is 568 g/mol. The summed E-state index contributed by atoms with van der Waals surface area (Å²) in [4.78, 5) is 30.0. The number of carboxylic acids is 1. The Morgan fingerprint density at radius 2 is 1.59 bits per heavy atom. The molecule has 3 heterocycles. The molecular weight excluding hydrogens is 533 g/mol. The topological polar surface area (TPSA) is 85.8 Å². The number of nitrogens with one attached hydrogen (secondary N) is 1. The van der Waals surface area contributed by atoms with Gasteiger partial charge in [0.05, 0.1) is 6.04 Å². The molecule has 2 N–H and O–H groups in total. The standard InChI is InChI=1S/C29H34N4O.C2HF3O2/c1-21-18-28(31-26-12-14-30-15-13-26)27-19-25(10-11-29(27)33(21)22(2)34)24-8-6-23(7-9-24)20-32-16-4-3-5-17-32;3-2(4,5)1(6)7/h6-15,19,21,28H,3-5,16-18,20H2,1-2H3,(H,30,31);(H,6,7)/t21-,28+;/m1./s1. The van der Waals surface area contributed by atoms with Crippen molar-refractivity contribution in [3.63, 3.8) is 0 Å². The fraction of sp³-hybridized carbons (Fsp3) is 0.387. The molecule has 0 aliphatic carbocycles. The third-order valence-electron chi connectivity index (χ3n) is 7.43. The maximum Gasteiger partial charge on any atom is 0.490 e. The Bertz CT molecular complexity index is 1330. The highest BCUT2D eigenvalue weighted by molar-refractivity contribution is 5.94. The van der Waals surface area contributed by atoms with Crippen LogP contribution in [0, 0.1) is 0 Å². The van der Waals surface area contributed by atoms with Crippen LogP contribution in [0.5, 0.6) is 0 Å². The molecule has 0 saturated carbocycles. The van der Waals surface area contributed by atoms with Crippen LogP contribution in [0.2, 0.25) is 0 Å². The Balaban J connectivity index is 0.000000493. The molecule has 1 amide bonds. The van der Waals surface area contributed by atoms with Gasteiger partial charge >= 0.3 is 12.1 Å². The van der Waals surface area contributed by atoms with E-state index in [1.165, 1.54) is 54.6 Å². The summed E-state index contributed by atoms with van der Waals surface area (Å²) in [5, 5.41) is 10.8. The van der Waals surface area contributed by atoms with E-state index < -0.39 is 12.1 Å². The van der Waals surface area contributed by atoms with Crippen molar-refractivity contribution in [2.24, 2.45) is 0 Å². The van der Waals surface area contributed by atoms with Gasteiger partial charge in [0.15, 0.2) is 0 Å². The van der Waals surface area contributed by atoms with E-state index in [1.54, 1.807) is 19.3 Å². The Labute approximate surface area is 238 Å². The first-order valence-electron chi connectivity index (χ1n) is 13.7. The van der Waals surface area contributed by atoms with E-state index in [0.29, 0.717) is 0 Å². The lowest BCUT2D eigenvalue weighted by molar-refractivity contribution is -0.192. The average molecular weight is 569 g/mol. The molecule has 1 saturated heterocycles. The first-order valence-corrected chi connectivity index (χ1v) is 13.7. The van der Waals surface area contributed by atoms with Crippen molar-refractivity contribution in [2.45, 2.75) is 64.3 Å². The molecule has 1 aromatic heterocycles. The molecular formula is C31H35F3N4O3. The molecule has 2 aromatic carbocycles. The van der Waals surface area contributed by atoms with Gasteiger partial charge in [-0.3, -0.25) is 14.7 Å². The molecule has 0 radical (unpaired) electrons. The van der Waals surface area contributed by atoms with Crippen molar-refractivity contribution in [3.05, 3.63) is 78.1 Å². The highest BCUT2D eigenvalue weighted by atomic mass is 19.4. The van der Waals surface area contributed by atoms with E-state index in [4.69, 9.17) is 9.90 Å². The number of carbonyl (C=O) groups is 2. The summed E-state index contributed by atoms with van der Waals surface area (Å²) in [5.74, 6) is -2.67. The predicted octanol–water partition coefficient (Wildman–Crippen LogP) is 6.67. The van der Waals surface area contributed by atoms with Crippen molar-refractivity contribution >= 4 is 23.3 Å². The Morgan fingerprint density at radius 1 is 0.976 bits per heavy atom. The van der Waals surface area contributed by atoms with Crippen LogP contribution in [0.4, 0.5) is 24.5 Å². The number of anilines is 2. The molecule has 2 aliphatic rings. The lowest BCUT2D eigenvalue weighted by atomic mass is 9.88. The zero-order valence-electron chi connectivity index (χ0n) is 23.2. The number of pyridine rings is 1.